The van der Waals surface area contributed by atoms with Crippen molar-refractivity contribution in [1.82, 2.24) is 43.5 Å². The van der Waals surface area contributed by atoms with Crippen molar-refractivity contribution in [2.75, 3.05) is 24.7 Å². The van der Waals surface area contributed by atoms with Crippen LogP contribution >= 0.6 is 0 Å². The number of likely N-dealkylation sites (N-methyl/N-ethyl adjacent to an activating group) is 1. The molecule has 0 radical (unpaired) electrons. The average molecular weight is 718 g/mol. The monoisotopic (exact) mass is 717 g/mol. The lowest BCUT2D eigenvalue weighted by atomic mass is 10.0. The number of nitrogen functional groups attached to an aromatic ring is 1. The number of anilines is 2. The number of aliphatic hydroxyl groups excluding tert-OH is 2. The molecule has 0 saturated carbocycles. The molecule has 1 saturated heterocycles. The Bertz CT molecular complexity index is 2380. The lowest BCUT2D eigenvalue weighted by Gasteiger charge is -2.17. The van der Waals surface area contributed by atoms with E-state index in [9.17, 15) is 29.4 Å². The van der Waals surface area contributed by atoms with E-state index < -0.39 is 47.6 Å². The number of fused-ring (bicyclic) bond motifs is 3. The van der Waals surface area contributed by atoms with Crippen LogP contribution in [0.3, 0.4) is 0 Å². The van der Waals surface area contributed by atoms with Gasteiger partial charge in [0.25, 0.3) is 17.4 Å². The number of ether oxygens (including phenoxy) is 2. The Morgan fingerprint density at radius 1 is 1.04 bits per heavy atom. The van der Waals surface area contributed by atoms with Crippen LogP contribution in [0.4, 0.5) is 11.8 Å². The van der Waals surface area contributed by atoms with Crippen LogP contribution in [0.25, 0.3) is 22.3 Å². The lowest BCUT2D eigenvalue weighted by molar-refractivity contribution is -0.137. The van der Waals surface area contributed by atoms with Gasteiger partial charge in [-0.15, -0.1) is 0 Å². The summed E-state index contributed by atoms with van der Waals surface area (Å²) < 4.78 is 17.3. The van der Waals surface area contributed by atoms with E-state index in [0.717, 1.165) is 11.1 Å². The van der Waals surface area contributed by atoms with E-state index in [1.807, 2.05) is 13.0 Å². The summed E-state index contributed by atoms with van der Waals surface area (Å²) in [6.07, 6.45) is -3.30. The second-order valence-electron chi connectivity index (χ2n) is 12.7. The number of amides is 2. The maximum absolute atomic E-state index is 13.8. The SMILES string of the molecule is CCNC(=O)[C@H]1O[C@@H](n2cnc3c(N)nc(NC(=O)c4ccc5c(c4OC)CC(c4nc6c(c(=O)n(CC)c(=O)n6CC)n4C)C5)nc32)[C@H](O)[C@@H]1O. The Labute approximate surface area is 295 Å². The minimum atomic E-state index is -1.52. The van der Waals surface area contributed by atoms with Gasteiger partial charge in [-0.05, 0) is 50.8 Å². The second kappa shape index (κ2) is 13.1. The summed E-state index contributed by atoms with van der Waals surface area (Å²) >= 11 is 0. The summed E-state index contributed by atoms with van der Waals surface area (Å²) in [6.45, 7) is 6.19. The van der Waals surface area contributed by atoms with Gasteiger partial charge >= 0.3 is 5.69 Å². The maximum atomic E-state index is 13.8. The van der Waals surface area contributed by atoms with Crippen molar-refractivity contribution in [2.45, 2.75) is 77.2 Å². The molecule has 5 aromatic rings. The Kier molecular flexibility index (Phi) is 8.79. The first kappa shape index (κ1) is 34.8. The number of aromatic nitrogens is 8. The van der Waals surface area contributed by atoms with E-state index in [0.29, 0.717) is 48.7 Å². The van der Waals surface area contributed by atoms with Crippen LogP contribution in [0.5, 0.6) is 5.75 Å². The van der Waals surface area contributed by atoms with Gasteiger partial charge in [0.15, 0.2) is 35.0 Å². The van der Waals surface area contributed by atoms with E-state index in [1.165, 1.54) is 27.1 Å². The number of rotatable bonds is 9. The van der Waals surface area contributed by atoms with Gasteiger partial charge in [0.05, 0.1) is 19.0 Å². The van der Waals surface area contributed by atoms with Crippen molar-refractivity contribution in [3.05, 3.63) is 61.8 Å². The Hall–Kier alpha value is -5.66. The van der Waals surface area contributed by atoms with Crippen LogP contribution in [-0.4, -0.2) is 92.2 Å². The molecule has 5 atom stereocenters. The van der Waals surface area contributed by atoms with Crippen molar-refractivity contribution in [3.63, 3.8) is 0 Å². The molecule has 6 N–H and O–H groups in total. The third-order valence-electron chi connectivity index (χ3n) is 9.79. The highest BCUT2D eigenvalue weighted by Crippen LogP contribution is 2.41. The van der Waals surface area contributed by atoms with Crippen molar-refractivity contribution >= 4 is 45.9 Å². The molecule has 1 aromatic carbocycles. The number of benzene rings is 1. The third kappa shape index (κ3) is 5.30. The van der Waals surface area contributed by atoms with E-state index in [1.54, 1.807) is 31.5 Å². The van der Waals surface area contributed by atoms with Gasteiger partial charge in [0, 0.05) is 32.6 Å². The molecular formula is C33H39N11O8. The molecule has 19 nitrogen and oxygen atoms in total. The minimum Gasteiger partial charge on any atom is -0.496 e. The van der Waals surface area contributed by atoms with E-state index in [4.69, 9.17) is 20.2 Å². The molecule has 0 spiro atoms. The summed E-state index contributed by atoms with van der Waals surface area (Å²) in [4.78, 5) is 70.1. The van der Waals surface area contributed by atoms with Crippen LogP contribution in [0.2, 0.25) is 0 Å². The molecule has 5 heterocycles. The fourth-order valence-corrected chi connectivity index (χ4v) is 7.30. The van der Waals surface area contributed by atoms with E-state index >= 15 is 0 Å². The van der Waals surface area contributed by atoms with Crippen LogP contribution in [0.1, 0.15) is 60.2 Å². The largest absolute Gasteiger partial charge is 0.496 e. The van der Waals surface area contributed by atoms with Crippen molar-refractivity contribution in [3.8, 4) is 5.75 Å². The molecule has 2 aliphatic rings. The summed E-state index contributed by atoms with van der Waals surface area (Å²) in [7, 11) is 3.24. The number of nitrogens with zero attached hydrogens (tertiary/aromatic N) is 8. The molecule has 1 fully saturated rings. The molecule has 19 heteroatoms. The standard InChI is InChI=1S/C33H39N11O8/c1-6-35-29(48)23-20(45)21(46)31(52-23)44-13-36-18-24(34)37-32(39-26(18)44)40-28(47)16-10-9-14-11-15(12-17(14)22(16)51-5)25-38-27-19(41(25)4)30(49)43(8-3)33(50)42(27)7-2/h9-10,13,15,20-21,23,31,45-46H,6-8,11-12H2,1-5H3,(H,35,48)(H3,34,37,39,40,47)/t15?,20-,21+,23-,31+/m0/s1. The first-order chi connectivity index (χ1) is 24.9. The quantitative estimate of drug-likeness (QED) is 0.130. The first-order valence-electron chi connectivity index (χ1n) is 16.9. The van der Waals surface area contributed by atoms with Gasteiger partial charge < -0.3 is 35.3 Å². The summed E-state index contributed by atoms with van der Waals surface area (Å²) in [5, 5.41) is 26.5. The Balaban J connectivity index is 1.18. The molecule has 274 valence electrons. The number of nitrogens with two attached hydrogens (primary N) is 1. The number of nitrogens with one attached hydrogen (secondary N) is 2. The fourth-order valence-electron chi connectivity index (χ4n) is 7.30. The highest BCUT2D eigenvalue weighted by molar-refractivity contribution is 6.06. The Morgan fingerprint density at radius 3 is 2.48 bits per heavy atom. The number of imidazole rings is 2. The smallest absolute Gasteiger partial charge is 0.332 e. The predicted molar refractivity (Wildman–Crippen MR) is 186 cm³/mol. The van der Waals surface area contributed by atoms with Gasteiger partial charge in [-0.25, -0.2) is 14.8 Å². The van der Waals surface area contributed by atoms with Gasteiger partial charge in [-0.1, -0.05) is 6.07 Å². The number of methoxy groups -OCH3 is 1. The number of aliphatic hydroxyl groups is 2. The lowest BCUT2D eigenvalue weighted by Crippen LogP contribution is -2.42. The predicted octanol–water partition coefficient (Wildman–Crippen LogP) is -0.443. The zero-order chi connectivity index (χ0) is 37.2. The first-order valence-corrected chi connectivity index (χ1v) is 16.9. The fraction of sp³-hybridized carbons (Fsp3) is 0.455. The van der Waals surface area contributed by atoms with Gasteiger partial charge in [-0.2, -0.15) is 9.97 Å². The molecule has 52 heavy (non-hydrogen) atoms. The van der Waals surface area contributed by atoms with E-state index in [-0.39, 0.29) is 41.0 Å². The summed E-state index contributed by atoms with van der Waals surface area (Å²) in [5.41, 5.74) is 8.27. The van der Waals surface area contributed by atoms with Gasteiger partial charge in [-0.3, -0.25) is 33.4 Å². The summed E-state index contributed by atoms with van der Waals surface area (Å²) in [5.74, 6) is -0.604. The molecule has 1 aliphatic heterocycles. The minimum absolute atomic E-state index is 0.0715. The average Bonchev–Trinajstić information content (AvgIpc) is 3.89. The van der Waals surface area contributed by atoms with E-state index in [2.05, 4.69) is 25.6 Å². The van der Waals surface area contributed by atoms with Gasteiger partial charge in [0.1, 0.15) is 29.3 Å². The zero-order valence-electron chi connectivity index (χ0n) is 29.2. The van der Waals surface area contributed by atoms with Crippen LogP contribution in [0.15, 0.2) is 28.0 Å². The van der Waals surface area contributed by atoms with Crippen molar-refractivity contribution in [2.24, 2.45) is 7.05 Å². The van der Waals surface area contributed by atoms with Gasteiger partial charge in [0.2, 0.25) is 5.95 Å². The molecule has 0 bridgehead atoms. The summed E-state index contributed by atoms with van der Waals surface area (Å²) in [6, 6.07) is 3.47. The van der Waals surface area contributed by atoms with Crippen LogP contribution in [0, 0.1) is 0 Å². The molecular weight excluding hydrogens is 678 g/mol. The number of hydrogen-bond acceptors (Lipinski definition) is 13. The Morgan fingerprint density at radius 2 is 1.79 bits per heavy atom. The van der Waals surface area contributed by atoms with Crippen molar-refractivity contribution < 1.29 is 29.3 Å². The molecule has 1 aliphatic carbocycles. The number of carbonyl (C=O) groups excluding carboxylic acids is 2. The molecule has 2 amide bonds. The normalized spacial score (nSPS) is 21.2. The van der Waals surface area contributed by atoms with Crippen LogP contribution < -0.4 is 32.4 Å². The number of aryl methyl sites for hydroxylation is 2. The topological polar surface area (TPSA) is 249 Å². The van der Waals surface area contributed by atoms with Crippen molar-refractivity contribution in [1.29, 1.82) is 0 Å². The highest BCUT2D eigenvalue weighted by atomic mass is 16.6. The third-order valence-corrected chi connectivity index (χ3v) is 9.79. The molecule has 1 unspecified atom stereocenters. The zero-order valence-corrected chi connectivity index (χ0v) is 29.2. The number of hydrogen-bond donors (Lipinski definition) is 5. The maximum Gasteiger partial charge on any atom is 0.332 e. The van der Waals surface area contributed by atoms with Crippen LogP contribution in [-0.2, 0) is 42.5 Å². The number of carbonyl (C=O) groups is 2. The molecule has 7 rings (SSSR count). The molecule has 4 aromatic heterocycles. The highest BCUT2D eigenvalue weighted by Gasteiger charge is 2.47. The second-order valence-corrected chi connectivity index (χ2v) is 12.7.